The number of hydrogen-bond donors (Lipinski definition) is 2. The molecule has 1 aromatic rings. The van der Waals surface area contributed by atoms with E-state index in [4.69, 9.17) is 5.14 Å². The van der Waals surface area contributed by atoms with E-state index < -0.39 is 10.2 Å². The second kappa shape index (κ2) is 5.95. The highest BCUT2D eigenvalue weighted by molar-refractivity contribution is 7.87. The third-order valence-electron chi connectivity index (χ3n) is 3.03. The van der Waals surface area contributed by atoms with Crippen molar-refractivity contribution in [1.82, 2.24) is 14.6 Å². The van der Waals surface area contributed by atoms with Crippen LogP contribution in [0.1, 0.15) is 23.3 Å². The van der Waals surface area contributed by atoms with E-state index in [9.17, 15) is 13.2 Å². The molecule has 0 bridgehead atoms. The van der Waals surface area contributed by atoms with Crippen molar-refractivity contribution in [2.45, 2.75) is 12.8 Å². The monoisotopic (exact) mass is 304 g/mol. The van der Waals surface area contributed by atoms with Gasteiger partial charge in [0.15, 0.2) is 0 Å². The number of nitrogens with zero attached hydrogens (tertiary/aromatic N) is 2. The van der Waals surface area contributed by atoms with Crippen LogP contribution >= 0.6 is 11.3 Å². The first kappa shape index (κ1) is 14.4. The van der Waals surface area contributed by atoms with Crippen molar-refractivity contribution in [2.24, 2.45) is 11.1 Å². The summed E-state index contributed by atoms with van der Waals surface area (Å²) >= 11 is 1.38. The molecular formula is C10H16N4O3S2. The van der Waals surface area contributed by atoms with Crippen LogP contribution in [0.2, 0.25) is 0 Å². The molecule has 9 heteroatoms. The number of amides is 1. The molecule has 1 amide bonds. The Morgan fingerprint density at radius 3 is 3.05 bits per heavy atom. The number of nitrogens with one attached hydrogen (secondary N) is 1. The summed E-state index contributed by atoms with van der Waals surface area (Å²) in [5.41, 5.74) is 2.07. The molecule has 19 heavy (non-hydrogen) atoms. The number of rotatable bonds is 4. The number of nitrogens with two attached hydrogens (primary N) is 1. The molecule has 2 rings (SSSR count). The van der Waals surface area contributed by atoms with Crippen molar-refractivity contribution in [2.75, 3.05) is 19.6 Å². The summed E-state index contributed by atoms with van der Waals surface area (Å²) < 4.78 is 24.0. The fourth-order valence-corrected chi connectivity index (χ4v) is 3.12. The normalized spacial score (nSPS) is 20.5. The van der Waals surface area contributed by atoms with E-state index in [0.717, 1.165) is 12.8 Å². The largest absolute Gasteiger partial charge is 0.337 e. The number of carbonyl (C=O) groups is 1. The van der Waals surface area contributed by atoms with E-state index in [0.29, 0.717) is 18.8 Å². The minimum Gasteiger partial charge on any atom is -0.337 e. The lowest BCUT2D eigenvalue weighted by atomic mass is 9.98. The molecule has 1 fully saturated rings. The molecule has 1 unspecified atom stereocenters. The predicted molar refractivity (Wildman–Crippen MR) is 71.9 cm³/mol. The number of likely N-dealkylation sites (tertiary alicyclic amines) is 1. The molecule has 0 aliphatic carbocycles. The smallest absolute Gasteiger partial charge is 0.274 e. The van der Waals surface area contributed by atoms with Crippen molar-refractivity contribution in [3.8, 4) is 0 Å². The number of piperidine rings is 1. The second-order valence-electron chi connectivity index (χ2n) is 4.53. The Morgan fingerprint density at radius 1 is 1.63 bits per heavy atom. The Hall–Kier alpha value is -1.03. The Kier molecular flexibility index (Phi) is 4.50. The van der Waals surface area contributed by atoms with Crippen molar-refractivity contribution in [1.29, 1.82) is 0 Å². The highest BCUT2D eigenvalue weighted by Gasteiger charge is 2.25. The molecule has 1 aliphatic rings. The van der Waals surface area contributed by atoms with Gasteiger partial charge in [0.05, 0.1) is 5.51 Å². The van der Waals surface area contributed by atoms with E-state index >= 15 is 0 Å². The van der Waals surface area contributed by atoms with Crippen LogP contribution in [0.4, 0.5) is 0 Å². The minimum absolute atomic E-state index is 0.0923. The quantitative estimate of drug-likeness (QED) is 0.802. The molecule has 1 aromatic heterocycles. The molecule has 0 radical (unpaired) electrons. The van der Waals surface area contributed by atoms with E-state index in [-0.39, 0.29) is 18.4 Å². The van der Waals surface area contributed by atoms with Crippen LogP contribution in [0.5, 0.6) is 0 Å². The molecule has 1 aliphatic heterocycles. The summed E-state index contributed by atoms with van der Waals surface area (Å²) in [6.45, 7) is 1.47. The molecular weight excluding hydrogens is 288 g/mol. The molecule has 0 aromatic carbocycles. The zero-order valence-corrected chi connectivity index (χ0v) is 11.9. The Bertz CT molecular complexity index is 529. The van der Waals surface area contributed by atoms with Gasteiger partial charge in [0.25, 0.3) is 16.1 Å². The molecule has 0 spiro atoms. The van der Waals surface area contributed by atoms with Crippen LogP contribution in [0.15, 0.2) is 10.9 Å². The van der Waals surface area contributed by atoms with E-state index in [1.54, 1.807) is 15.8 Å². The van der Waals surface area contributed by atoms with Crippen LogP contribution < -0.4 is 9.86 Å². The van der Waals surface area contributed by atoms with Gasteiger partial charge in [0.2, 0.25) is 0 Å². The van der Waals surface area contributed by atoms with Crippen LogP contribution in [0.3, 0.4) is 0 Å². The SMILES string of the molecule is NS(=O)(=O)NCC1CCCN(C(=O)c2cscn2)C1. The highest BCUT2D eigenvalue weighted by Crippen LogP contribution is 2.18. The third kappa shape index (κ3) is 4.23. The summed E-state index contributed by atoms with van der Waals surface area (Å²) in [6, 6.07) is 0. The summed E-state index contributed by atoms with van der Waals surface area (Å²) in [4.78, 5) is 17.8. The highest BCUT2D eigenvalue weighted by atomic mass is 32.2. The number of hydrogen-bond acceptors (Lipinski definition) is 5. The predicted octanol–water partition coefficient (Wildman–Crippen LogP) is -0.212. The molecule has 0 saturated carbocycles. The second-order valence-corrected chi connectivity index (χ2v) is 6.62. The van der Waals surface area contributed by atoms with Gasteiger partial charge in [0, 0.05) is 25.0 Å². The summed E-state index contributed by atoms with van der Waals surface area (Å²) in [5, 5.41) is 6.61. The average Bonchev–Trinajstić information content (AvgIpc) is 2.89. The average molecular weight is 304 g/mol. The Balaban J connectivity index is 1.92. The van der Waals surface area contributed by atoms with Crippen LogP contribution in [0.25, 0.3) is 0 Å². The molecule has 7 nitrogen and oxygen atoms in total. The van der Waals surface area contributed by atoms with Crippen LogP contribution in [-0.2, 0) is 10.2 Å². The van der Waals surface area contributed by atoms with E-state index in [1.165, 1.54) is 11.3 Å². The Morgan fingerprint density at radius 2 is 2.42 bits per heavy atom. The topological polar surface area (TPSA) is 105 Å². The van der Waals surface area contributed by atoms with Crippen LogP contribution in [-0.4, -0.2) is 43.8 Å². The van der Waals surface area contributed by atoms with Crippen LogP contribution in [0, 0.1) is 5.92 Å². The van der Waals surface area contributed by atoms with Crippen molar-refractivity contribution in [3.63, 3.8) is 0 Å². The zero-order chi connectivity index (χ0) is 13.9. The first-order chi connectivity index (χ1) is 8.96. The fourth-order valence-electron chi connectivity index (χ4n) is 2.13. The lowest BCUT2D eigenvalue weighted by Gasteiger charge is -2.32. The van der Waals surface area contributed by atoms with Gasteiger partial charge in [-0.05, 0) is 18.8 Å². The van der Waals surface area contributed by atoms with Crippen molar-refractivity contribution < 1.29 is 13.2 Å². The van der Waals surface area contributed by atoms with Gasteiger partial charge in [0.1, 0.15) is 5.69 Å². The minimum atomic E-state index is -3.67. The van der Waals surface area contributed by atoms with Gasteiger partial charge in [-0.3, -0.25) is 4.79 Å². The van der Waals surface area contributed by atoms with Gasteiger partial charge in [-0.2, -0.15) is 8.42 Å². The van der Waals surface area contributed by atoms with Gasteiger partial charge < -0.3 is 4.90 Å². The molecule has 3 N–H and O–H groups in total. The summed E-state index contributed by atoms with van der Waals surface area (Å²) in [5.74, 6) is -0.00350. The number of aromatic nitrogens is 1. The zero-order valence-electron chi connectivity index (χ0n) is 10.3. The van der Waals surface area contributed by atoms with E-state index in [1.807, 2.05) is 0 Å². The third-order valence-corrected chi connectivity index (χ3v) is 4.19. The first-order valence-electron chi connectivity index (χ1n) is 5.90. The maximum atomic E-state index is 12.1. The van der Waals surface area contributed by atoms with E-state index in [2.05, 4.69) is 9.71 Å². The lowest BCUT2D eigenvalue weighted by molar-refractivity contribution is 0.0671. The van der Waals surface area contributed by atoms with Gasteiger partial charge in [-0.1, -0.05) is 0 Å². The number of carbonyl (C=O) groups excluding carboxylic acids is 1. The maximum Gasteiger partial charge on any atom is 0.274 e. The molecule has 106 valence electrons. The molecule has 1 atom stereocenters. The lowest BCUT2D eigenvalue weighted by Crippen LogP contribution is -2.44. The fraction of sp³-hybridized carbons (Fsp3) is 0.600. The first-order valence-corrected chi connectivity index (χ1v) is 8.39. The molecule has 2 heterocycles. The van der Waals surface area contributed by atoms with Crippen molar-refractivity contribution >= 4 is 27.5 Å². The van der Waals surface area contributed by atoms with Gasteiger partial charge in [-0.15, -0.1) is 11.3 Å². The maximum absolute atomic E-state index is 12.1. The Labute approximate surface area is 116 Å². The standard InChI is InChI=1S/C10H16N4O3S2/c11-19(16,17)13-4-8-2-1-3-14(5-8)10(15)9-6-18-7-12-9/h6-8,13H,1-5H2,(H2,11,16,17). The van der Waals surface area contributed by atoms with Gasteiger partial charge in [-0.25, -0.2) is 14.8 Å². The summed E-state index contributed by atoms with van der Waals surface area (Å²) in [7, 11) is -3.67. The molecule has 1 saturated heterocycles. The summed E-state index contributed by atoms with van der Waals surface area (Å²) in [6.07, 6.45) is 1.73. The van der Waals surface area contributed by atoms with Crippen molar-refractivity contribution in [3.05, 3.63) is 16.6 Å². The number of thiazole rings is 1. The van der Waals surface area contributed by atoms with Gasteiger partial charge >= 0.3 is 0 Å².